The SMILES string of the molecule is CC(Oc1cc(-c2cnn(N3CCCCC3)c2)cnc1N)c1c(Cl)c(O)cc(F)c1Cl. The molecule has 0 amide bonds. The number of nitrogens with two attached hydrogens (primary N) is 1. The van der Waals surface area contributed by atoms with Crippen molar-refractivity contribution in [2.45, 2.75) is 32.3 Å². The lowest BCUT2D eigenvalue weighted by Gasteiger charge is -2.28. The summed E-state index contributed by atoms with van der Waals surface area (Å²) in [5, 5.41) is 16.2. The number of hydrogen-bond donors (Lipinski definition) is 2. The first kappa shape index (κ1) is 21.5. The molecule has 3 aromatic rings. The van der Waals surface area contributed by atoms with E-state index in [4.69, 9.17) is 33.7 Å². The number of piperidine rings is 1. The summed E-state index contributed by atoms with van der Waals surface area (Å²) < 4.78 is 19.9. The molecule has 0 aliphatic carbocycles. The lowest BCUT2D eigenvalue weighted by atomic mass is 10.1. The van der Waals surface area contributed by atoms with E-state index in [0.29, 0.717) is 0 Å². The van der Waals surface area contributed by atoms with Gasteiger partial charge in [0.1, 0.15) is 17.7 Å². The van der Waals surface area contributed by atoms with Crippen LogP contribution in [0.1, 0.15) is 37.9 Å². The monoisotopic (exact) mass is 465 g/mol. The molecule has 10 heteroatoms. The van der Waals surface area contributed by atoms with Crippen LogP contribution in [0.3, 0.4) is 0 Å². The Morgan fingerprint density at radius 2 is 1.87 bits per heavy atom. The summed E-state index contributed by atoms with van der Waals surface area (Å²) in [5.74, 6) is -0.767. The summed E-state index contributed by atoms with van der Waals surface area (Å²) in [5.41, 5.74) is 7.75. The smallest absolute Gasteiger partial charge is 0.166 e. The van der Waals surface area contributed by atoms with Crippen LogP contribution in [-0.2, 0) is 0 Å². The fraction of sp³-hybridized carbons (Fsp3) is 0.333. The molecule has 1 atom stereocenters. The van der Waals surface area contributed by atoms with Crippen LogP contribution >= 0.6 is 23.2 Å². The predicted octanol–water partition coefficient (Wildman–Crippen LogP) is 4.94. The fourth-order valence-electron chi connectivity index (χ4n) is 3.62. The topological polar surface area (TPSA) is 89.4 Å². The van der Waals surface area contributed by atoms with Crippen LogP contribution in [0.4, 0.5) is 10.2 Å². The molecule has 0 saturated carbocycles. The van der Waals surface area contributed by atoms with Crippen LogP contribution in [0, 0.1) is 5.82 Å². The van der Waals surface area contributed by atoms with E-state index in [-0.39, 0.29) is 27.2 Å². The number of pyridine rings is 1. The predicted molar refractivity (Wildman–Crippen MR) is 119 cm³/mol. The lowest BCUT2D eigenvalue weighted by Crippen LogP contribution is -2.39. The minimum Gasteiger partial charge on any atom is -0.506 e. The second-order valence-corrected chi connectivity index (χ2v) is 8.21. The minimum absolute atomic E-state index is 0.0793. The Morgan fingerprint density at radius 1 is 1.13 bits per heavy atom. The van der Waals surface area contributed by atoms with Gasteiger partial charge >= 0.3 is 0 Å². The van der Waals surface area contributed by atoms with Gasteiger partial charge in [0.05, 0.1) is 22.4 Å². The zero-order valence-electron chi connectivity index (χ0n) is 16.9. The van der Waals surface area contributed by atoms with Crippen molar-refractivity contribution in [3.8, 4) is 22.6 Å². The number of ether oxygens (including phenoxy) is 1. The molecular weight excluding hydrogens is 444 g/mol. The van der Waals surface area contributed by atoms with Gasteiger partial charge in [-0.1, -0.05) is 23.2 Å². The van der Waals surface area contributed by atoms with Crippen molar-refractivity contribution < 1.29 is 14.2 Å². The molecule has 31 heavy (non-hydrogen) atoms. The summed E-state index contributed by atoms with van der Waals surface area (Å²) in [4.78, 5) is 6.07. The van der Waals surface area contributed by atoms with Crippen LogP contribution in [0.5, 0.6) is 11.5 Å². The molecule has 0 radical (unpaired) electrons. The zero-order valence-corrected chi connectivity index (χ0v) is 18.4. The van der Waals surface area contributed by atoms with E-state index in [9.17, 15) is 9.50 Å². The number of nitrogens with zero attached hydrogens (tertiary/aromatic N) is 4. The van der Waals surface area contributed by atoms with E-state index in [0.717, 1.165) is 43.1 Å². The number of phenols is 1. The van der Waals surface area contributed by atoms with Crippen molar-refractivity contribution >= 4 is 29.0 Å². The van der Waals surface area contributed by atoms with Gasteiger partial charge in [0.2, 0.25) is 0 Å². The van der Waals surface area contributed by atoms with Gasteiger partial charge in [-0.15, -0.1) is 0 Å². The van der Waals surface area contributed by atoms with E-state index in [1.165, 1.54) is 6.42 Å². The molecule has 1 aliphatic rings. The number of aromatic nitrogens is 3. The van der Waals surface area contributed by atoms with Crippen LogP contribution in [0.2, 0.25) is 10.0 Å². The highest BCUT2D eigenvalue weighted by molar-refractivity contribution is 6.37. The van der Waals surface area contributed by atoms with Gasteiger partial charge in [-0.2, -0.15) is 9.89 Å². The molecule has 0 bridgehead atoms. The molecule has 2 aromatic heterocycles. The van der Waals surface area contributed by atoms with Gasteiger partial charge in [-0.3, -0.25) is 5.01 Å². The number of aromatic hydroxyl groups is 1. The van der Waals surface area contributed by atoms with Crippen molar-refractivity contribution in [3.05, 3.63) is 52.1 Å². The van der Waals surface area contributed by atoms with Crippen molar-refractivity contribution in [1.82, 2.24) is 14.9 Å². The number of hydrogen-bond acceptors (Lipinski definition) is 6. The minimum atomic E-state index is -0.794. The average Bonchev–Trinajstić information content (AvgIpc) is 3.25. The van der Waals surface area contributed by atoms with Crippen LogP contribution in [0.25, 0.3) is 11.1 Å². The van der Waals surface area contributed by atoms with Crippen LogP contribution in [-0.4, -0.2) is 33.1 Å². The van der Waals surface area contributed by atoms with Crippen molar-refractivity contribution in [2.24, 2.45) is 0 Å². The largest absolute Gasteiger partial charge is 0.506 e. The summed E-state index contributed by atoms with van der Waals surface area (Å²) in [6.45, 7) is 3.57. The molecule has 164 valence electrons. The Balaban J connectivity index is 1.60. The molecule has 1 saturated heterocycles. The highest BCUT2D eigenvalue weighted by Crippen LogP contribution is 2.41. The maximum absolute atomic E-state index is 14.0. The molecule has 1 unspecified atom stereocenters. The third-order valence-electron chi connectivity index (χ3n) is 5.29. The number of halogens is 3. The molecule has 1 aliphatic heterocycles. The molecule has 7 nitrogen and oxygen atoms in total. The van der Waals surface area contributed by atoms with Crippen LogP contribution < -0.4 is 15.5 Å². The van der Waals surface area contributed by atoms with Gasteiger partial charge in [-0.05, 0) is 32.3 Å². The first-order chi connectivity index (χ1) is 14.8. The van der Waals surface area contributed by atoms with Gasteiger partial charge in [0, 0.05) is 42.0 Å². The maximum Gasteiger partial charge on any atom is 0.166 e. The molecule has 1 fully saturated rings. The quantitative estimate of drug-likeness (QED) is 0.518. The first-order valence-electron chi connectivity index (χ1n) is 9.94. The number of phenolic OH excluding ortho intramolecular Hbond substituents is 1. The highest BCUT2D eigenvalue weighted by atomic mass is 35.5. The van der Waals surface area contributed by atoms with Crippen molar-refractivity contribution in [3.63, 3.8) is 0 Å². The van der Waals surface area contributed by atoms with Gasteiger partial charge in [0.15, 0.2) is 11.6 Å². The zero-order chi connectivity index (χ0) is 22.1. The van der Waals surface area contributed by atoms with E-state index in [1.54, 1.807) is 25.4 Å². The standard InChI is InChI=1S/C21H22Cl2FN5O2/c1-12(18-19(22)15(24)8-16(30)20(18)23)31-17-7-13(9-26-21(17)25)14-10-27-29(11-14)28-5-3-2-4-6-28/h7-12,30H,2-6H2,1H3,(H2,25,26). The number of nitrogen functional groups attached to an aromatic ring is 1. The van der Waals surface area contributed by atoms with Gasteiger partial charge in [-0.25, -0.2) is 9.37 Å². The Bertz CT molecular complexity index is 1080. The van der Waals surface area contributed by atoms with E-state index in [1.807, 2.05) is 11.0 Å². The Hall–Kier alpha value is -2.71. The van der Waals surface area contributed by atoms with E-state index >= 15 is 0 Å². The summed E-state index contributed by atoms with van der Waals surface area (Å²) in [6.07, 6.45) is 8.07. The number of benzene rings is 1. The van der Waals surface area contributed by atoms with Crippen LogP contribution in [0.15, 0.2) is 30.7 Å². The average molecular weight is 466 g/mol. The van der Waals surface area contributed by atoms with E-state index < -0.39 is 17.7 Å². The normalized spacial score (nSPS) is 15.2. The second kappa shape index (κ2) is 8.80. The fourth-order valence-corrected chi connectivity index (χ4v) is 4.28. The number of rotatable bonds is 5. The van der Waals surface area contributed by atoms with Crippen molar-refractivity contribution in [1.29, 1.82) is 0 Å². The lowest BCUT2D eigenvalue weighted by molar-refractivity contribution is 0.227. The molecule has 3 N–H and O–H groups in total. The second-order valence-electron chi connectivity index (χ2n) is 7.45. The maximum atomic E-state index is 14.0. The number of anilines is 1. The first-order valence-corrected chi connectivity index (χ1v) is 10.7. The Morgan fingerprint density at radius 3 is 2.61 bits per heavy atom. The molecule has 0 spiro atoms. The summed E-state index contributed by atoms with van der Waals surface area (Å²) in [6, 6.07) is 2.59. The molecule has 4 rings (SSSR count). The Labute approximate surface area is 189 Å². The molecule has 3 heterocycles. The molecular formula is C21H22Cl2FN5O2. The Kier molecular flexibility index (Phi) is 6.11. The van der Waals surface area contributed by atoms with Gasteiger partial charge < -0.3 is 15.6 Å². The van der Waals surface area contributed by atoms with Gasteiger partial charge in [0.25, 0.3) is 0 Å². The van der Waals surface area contributed by atoms with Crippen molar-refractivity contribution in [2.75, 3.05) is 23.8 Å². The third-order valence-corrected chi connectivity index (χ3v) is 6.07. The highest BCUT2D eigenvalue weighted by Gasteiger charge is 2.23. The van der Waals surface area contributed by atoms with E-state index in [2.05, 4.69) is 15.1 Å². The summed E-state index contributed by atoms with van der Waals surface area (Å²) in [7, 11) is 0. The molecule has 1 aromatic carbocycles. The third kappa shape index (κ3) is 4.36. The summed E-state index contributed by atoms with van der Waals surface area (Å²) >= 11 is 12.2.